The smallest absolute Gasteiger partial charge is 0.229 e. The van der Waals surface area contributed by atoms with Gasteiger partial charge in [0.25, 0.3) is 0 Å². The van der Waals surface area contributed by atoms with Crippen molar-refractivity contribution < 1.29 is 14.3 Å². The van der Waals surface area contributed by atoms with Gasteiger partial charge < -0.3 is 19.9 Å². The molecular weight excluding hydrogens is 354 g/mol. The number of nitrogens with one attached hydrogen (secondary N) is 1. The highest BCUT2D eigenvalue weighted by Crippen LogP contribution is 2.27. The maximum atomic E-state index is 12.7. The molecule has 2 heterocycles. The minimum Gasteiger partial charge on any atom is -0.378 e. The number of rotatable bonds is 4. The molecule has 1 N–H and O–H groups in total. The highest BCUT2D eigenvalue weighted by atomic mass is 16.5. The van der Waals surface area contributed by atoms with Crippen molar-refractivity contribution >= 4 is 28.9 Å². The van der Waals surface area contributed by atoms with Crippen LogP contribution in [0.3, 0.4) is 0 Å². The summed E-state index contributed by atoms with van der Waals surface area (Å²) in [6, 6.07) is 15.7. The zero-order valence-corrected chi connectivity index (χ0v) is 16.1. The first-order valence-corrected chi connectivity index (χ1v) is 9.71. The van der Waals surface area contributed by atoms with E-state index >= 15 is 0 Å². The second-order valence-corrected chi connectivity index (χ2v) is 7.38. The molecule has 2 aromatic carbocycles. The molecule has 2 saturated heterocycles. The van der Waals surface area contributed by atoms with Crippen LogP contribution in [0, 0.1) is 12.8 Å². The molecule has 0 radical (unpaired) electrons. The number of nitrogens with zero attached hydrogens (tertiary/aromatic N) is 2. The lowest BCUT2D eigenvalue weighted by Crippen LogP contribution is -2.36. The number of ether oxygens (including phenoxy) is 1. The highest BCUT2D eigenvalue weighted by molar-refractivity contribution is 6.03. The van der Waals surface area contributed by atoms with Gasteiger partial charge in [-0.3, -0.25) is 9.59 Å². The fourth-order valence-electron chi connectivity index (χ4n) is 3.68. The van der Waals surface area contributed by atoms with Crippen molar-refractivity contribution in [3.05, 3.63) is 54.1 Å². The van der Waals surface area contributed by atoms with Gasteiger partial charge in [0.15, 0.2) is 0 Å². The predicted molar refractivity (Wildman–Crippen MR) is 110 cm³/mol. The number of carbonyl (C=O) groups excluding carboxylic acids is 2. The zero-order chi connectivity index (χ0) is 19.5. The van der Waals surface area contributed by atoms with E-state index in [0.717, 1.165) is 48.9 Å². The normalized spacial score (nSPS) is 19.8. The maximum absolute atomic E-state index is 12.7. The first-order valence-electron chi connectivity index (χ1n) is 9.71. The van der Waals surface area contributed by atoms with Gasteiger partial charge in [0.2, 0.25) is 11.8 Å². The third kappa shape index (κ3) is 4.02. The molecule has 1 atom stereocenters. The van der Waals surface area contributed by atoms with Crippen molar-refractivity contribution in [3.63, 3.8) is 0 Å². The van der Waals surface area contributed by atoms with Gasteiger partial charge >= 0.3 is 0 Å². The molecule has 6 heteroatoms. The topological polar surface area (TPSA) is 61.9 Å². The molecule has 2 aliphatic heterocycles. The second-order valence-electron chi connectivity index (χ2n) is 7.38. The summed E-state index contributed by atoms with van der Waals surface area (Å²) in [7, 11) is 0. The summed E-state index contributed by atoms with van der Waals surface area (Å²) in [4.78, 5) is 29.0. The molecular formula is C22H25N3O3. The number of amides is 2. The Morgan fingerprint density at radius 2 is 1.64 bits per heavy atom. The summed E-state index contributed by atoms with van der Waals surface area (Å²) in [6.07, 6.45) is 0.242. The third-order valence-corrected chi connectivity index (χ3v) is 5.35. The standard InChI is InChI=1S/C22H25N3O3/c1-16-2-6-20(7-3-16)25-15-17(14-21(25)26)22(27)23-18-4-8-19(9-5-18)24-10-12-28-13-11-24/h2-9,17H,10-15H2,1H3,(H,23,27). The Labute approximate surface area is 165 Å². The third-order valence-electron chi connectivity index (χ3n) is 5.35. The van der Waals surface area contributed by atoms with Crippen LogP contribution in [0.25, 0.3) is 0 Å². The Kier molecular flexibility index (Phi) is 5.30. The van der Waals surface area contributed by atoms with Gasteiger partial charge in [-0.05, 0) is 43.3 Å². The van der Waals surface area contributed by atoms with E-state index in [1.54, 1.807) is 4.90 Å². The predicted octanol–water partition coefficient (Wildman–Crippen LogP) is 2.82. The lowest BCUT2D eigenvalue weighted by Gasteiger charge is -2.28. The number of carbonyl (C=O) groups is 2. The lowest BCUT2D eigenvalue weighted by atomic mass is 10.1. The van der Waals surface area contributed by atoms with Crippen molar-refractivity contribution in [2.45, 2.75) is 13.3 Å². The van der Waals surface area contributed by atoms with E-state index in [2.05, 4.69) is 10.2 Å². The molecule has 4 rings (SSSR count). The first-order chi connectivity index (χ1) is 13.6. The van der Waals surface area contributed by atoms with Gasteiger partial charge in [-0.2, -0.15) is 0 Å². The summed E-state index contributed by atoms with van der Waals surface area (Å²) in [5.74, 6) is -0.457. The van der Waals surface area contributed by atoms with Gasteiger partial charge in [-0.1, -0.05) is 17.7 Å². The minimum absolute atomic E-state index is 0.00771. The van der Waals surface area contributed by atoms with Gasteiger partial charge in [0.05, 0.1) is 19.1 Å². The van der Waals surface area contributed by atoms with Gasteiger partial charge in [-0.15, -0.1) is 0 Å². The van der Waals surface area contributed by atoms with E-state index in [1.165, 1.54) is 0 Å². The molecule has 28 heavy (non-hydrogen) atoms. The fourth-order valence-corrected chi connectivity index (χ4v) is 3.68. The molecule has 0 aliphatic carbocycles. The largest absolute Gasteiger partial charge is 0.378 e. The molecule has 0 aromatic heterocycles. The van der Waals surface area contributed by atoms with Crippen LogP contribution in [0.4, 0.5) is 17.1 Å². The van der Waals surface area contributed by atoms with E-state index < -0.39 is 0 Å². The number of benzene rings is 2. The number of hydrogen-bond acceptors (Lipinski definition) is 4. The van der Waals surface area contributed by atoms with Crippen LogP contribution in [0.2, 0.25) is 0 Å². The molecule has 2 amide bonds. The van der Waals surface area contributed by atoms with E-state index in [-0.39, 0.29) is 24.2 Å². The number of aryl methyl sites for hydroxylation is 1. The summed E-state index contributed by atoms with van der Waals surface area (Å²) in [5, 5.41) is 2.95. The lowest BCUT2D eigenvalue weighted by molar-refractivity contribution is -0.122. The quantitative estimate of drug-likeness (QED) is 0.887. The van der Waals surface area contributed by atoms with Crippen LogP contribution >= 0.6 is 0 Å². The molecule has 0 saturated carbocycles. The average Bonchev–Trinajstić information content (AvgIpc) is 3.12. The van der Waals surface area contributed by atoms with Gasteiger partial charge in [0.1, 0.15) is 0 Å². The van der Waals surface area contributed by atoms with Crippen molar-refractivity contribution in [1.82, 2.24) is 0 Å². The molecule has 0 spiro atoms. The van der Waals surface area contributed by atoms with E-state index in [9.17, 15) is 9.59 Å². The summed E-state index contributed by atoms with van der Waals surface area (Å²) in [6.45, 7) is 5.67. The Morgan fingerprint density at radius 3 is 2.32 bits per heavy atom. The van der Waals surface area contributed by atoms with Crippen LogP contribution in [-0.2, 0) is 14.3 Å². The van der Waals surface area contributed by atoms with Crippen molar-refractivity contribution in [2.24, 2.45) is 5.92 Å². The Hall–Kier alpha value is -2.86. The van der Waals surface area contributed by atoms with Gasteiger partial charge in [0, 0.05) is 43.1 Å². The molecule has 1 unspecified atom stereocenters. The molecule has 146 valence electrons. The Morgan fingerprint density at radius 1 is 1.00 bits per heavy atom. The van der Waals surface area contributed by atoms with Crippen LogP contribution in [0.5, 0.6) is 0 Å². The van der Waals surface area contributed by atoms with Gasteiger partial charge in [-0.25, -0.2) is 0 Å². The highest BCUT2D eigenvalue weighted by Gasteiger charge is 2.35. The minimum atomic E-state index is -0.340. The molecule has 2 aliphatic rings. The van der Waals surface area contributed by atoms with Crippen LogP contribution in [0.1, 0.15) is 12.0 Å². The summed E-state index contributed by atoms with van der Waals surface area (Å²) >= 11 is 0. The van der Waals surface area contributed by atoms with E-state index in [0.29, 0.717) is 6.54 Å². The Bertz CT molecular complexity index is 842. The van der Waals surface area contributed by atoms with Crippen molar-refractivity contribution in [1.29, 1.82) is 0 Å². The van der Waals surface area contributed by atoms with E-state index in [4.69, 9.17) is 4.74 Å². The average molecular weight is 379 g/mol. The van der Waals surface area contributed by atoms with Crippen LogP contribution in [-0.4, -0.2) is 44.7 Å². The summed E-state index contributed by atoms with van der Waals surface area (Å²) in [5.41, 5.74) is 3.87. The molecule has 6 nitrogen and oxygen atoms in total. The Balaban J connectivity index is 1.37. The van der Waals surface area contributed by atoms with Crippen molar-refractivity contribution in [3.8, 4) is 0 Å². The zero-order valence-electron chi connectivity index (χ0n) is 16.1. The SMILES string of the molecule is Cc1ccc(N2CC(C(=O)Nc3ccc(N4CCOCC4)cc3)CC2=O)cc1. The number of hydrogen-bond donors (Lipinski definition) is 1. The van der Waals surface area contributed by atoms with E-state index in [1.807, 2.05) is 55.5 Å². The van der Waals surface area contributed by atoms with Crippen molar-refractivity contribution in [2.75, 3.05) is 48.0 Å². The fraction of sp³-hybridized carbons (Fsp3) is 0.364. The number of anilines is 3. The first kappa shape index (κ1) is 18.5. The van der Waals surface area contributed by atoms with Crippen LogP contribution < -0.4 is 15.1 Å². The molecule has 2 fully saturated rings. The summed E-state index contributed by atoms with van der Waals surface area (Å²) < 4.78 is 5.38. The van der Waals surface area contributed by atoms with Crippen LogP contribution in [0.15, 0.2) is 48.5 Å². The monoisotopic (exact) mass is 379 g/mol. The second kappa shape index (κ2) is 8.02. The maximum Gasteiger partial charge on any atom is 0.229 e. The molecule has 2 aromatic rings. The molecule has 0 bridgehead atoms. The number of morpholine rings is 1.